The number of aliphatic hydroxyl groups is 1. The minimum atomic E-state index is -0.819. The molecule has 0 unspecified atom stereocenters. The molecule has 4 rings (SSSR count). The van der Waals surface area contributed by atoms with Gasteiger partial charge in [0.15, 0.2) is 0 Å². The summed E-state index contributed by atoms with van der Waals surface area (Å²) in [6.45, 7) is 2.02. The molecule has 1 aliphatic carbocycles. The Hall–Kier alpha value is -2.39. The van der Waals surface area contributed by atoms with E-state index in [0.717, 1.165) is 40.7 Å². The van der Waals surface area contributed by atoms with Crippen molar-refractivity contribution in [3.05, 3.63) is 24.3 Å². The number of hydrogen-bond acceptors (Lipinski definition) is 4. The largest absolute Gasteiger partial charge is 0.389 e. The van der Waals surface area contributed by atoms with Gasteiger partial charge in [0, 0.05) is 17.6 Å². The standard InChI is InChI=1S/C17H19N5O/c1-11-21-14-10-20-16-13(4-9-19-16)15(14)22(11)12-2-5-17(23,6-3-12)7-8-18/h4,9-10,12,23H,2-3,5-7H2,1H3,(H,19,20). The van der Waals surface area contributed by atoms with E-state index in [9.17, 15) is 5.11 Å². The maximum atomic E-state index is 10.4. The lowest BCUT2D eigenvalue weighted by molar-refractivity contribution is -0.00299. The molecule has 0 radical (unpaired) electrons. The van der Waals surface area contributed by atoms with Crippen LogP contribution in [0.25, 0.3) is 22.1 Å². The molecule has 0 bridgehead atoms. The van der Waals surface area contributed by atoms with E-state index in [1.54, 1.807) is 0 Å². The minimum Gasteiger partial charge on any atom is -0.389 e. The SMILES string of the molecule is Cc1nc2cnc3[nH]ccc3c2n1C1CCC(O)(CC#N)CC1. The summed E-state index contributed by atoms with van der Waals surface area (Å²) < 4.78 is 2.29. The number of nitrogens with zero attached hydrogens (tertiary/aromatic N) is 4. The Kier molecular flexibility index (Phi) is 3.13. The van der Waals surface area contributed by atoms with Crippen molar-refractivity contribution in [1.29, 1.82) is 5.26 Å². The van der Waals surface area contributed by atoms with Crippen molar-refractivity contribution in [2.45, 2.75) is 50.7 Å². The molecule has 0 atom stereocenters. The molecule has 6 heteroatoms. The Bertz CT molecular complexity index is 908. The molecule has 3 aromatic rings. The average Bonchev–Trinajstić information content (AvgIpc) is 3.11. The summed E-state index contributed by atoms with van der Waals surface area (Å²) in [5.41, 5.74) is 2.08. The molecule has 0 amide bonds. The number of imidazole rings is 1. The maximum Gasteiger partial charge on any atom is 0.139 e. The predicted octanol–water partition coefficient (Wildman–Crippen LogP) is 2.98. The molecule has 0 aliphatic heterocycles. The van der Waals surface area contributed by atoms with E-state index in [1.807, 2.05) is 25.4 Å². The molecule has 2 N–H and O–H groups in total. The summed E-state index contributed by atoms with van der Waals surface area (Å²) >= 11 is 0. The second-order valence-electron chi connectivity index (χ2n) is 6.55. The molecule has 0 aromatic carbocycles. The van der Waals surface area contributed by atoms with E-state index in [4.69, 9.17) is 5.26 Å². The molecule has 1 saturated carbocycles. The second kappa shape index (κ2) is 5.07. The van der Waals surface area contributed by atoms with Crippen LogP contribution in [0.15, 0.2) is 18.5 Å². The molecular weight excluding hydrogens is 290 g/mol. The van der Waals surface area contributed by atoms with Crippen LogP contribution >= 0.6 is 0 Å². The Morgan fingerprint density at radius 1 is 1.48 bits per heavy atom. The van der Waals surface area contributed by atoms with Crippen molar-refractivity contribution < 1.29 is 5.11 Å². The van der Waals surface area contributed by atoms with Crippen LogP contribution in [0.1, 0.15) is 44.0 Å². The minimum absolute atomic E-state index is 0.218. The monoisotopic (exact) mass is 309 g/mol. The fourth-order valence-electron chi connectivity index (χ4n) is 3.88. The van der Waals surface area contributed by atoms with E-state index in [2.05, 4.69) is 25.6 Å². The lowest BCUT2D eigenvalue weighted by Crippen LogP contribution is -2.34. The lowest BCUT2D eigenvalue weighted by atomic mass is 9.80. The zero-order valence-electron chi connectivity index (χ0n) is 13.1. The number of rotatable bonds is 2. The second-order valence-corrected chi connectivity index (χ2v) is 6.55. The van der Waals surface area contributed by atoms with Crippen LogP contribution < -0.4 is 0 Å². The first kappa shape index (κ1) is 14.2. The molecule has 118 valence electrons. The van der Waals surface area contributed by atoms with Crippen LogP contribution in [0.5, 0.6) is 0 Å². The number of fused-ring (bicyclic) bond motifs is 3. The highest BCUT2D eigenvalue weighted by Crippen LogP contribution is 2.39. The van der Waals surface area contributed by atoms with Crippen molar-refractivity contribution in [3.63, 3.8) is 0 Å². The van der Waals surface area contributed by atoms with Crippen molar-refractivity contribution in [2.75, 3.05) is 0 Å². The van der Waals surface area contributed by atoms with Gasteiger partial charge in [-0.05, 0) is 38.7 Å². The molecule has 23 heavy (non-hydrogen) atoms. The van der Waals surface area contributed by atoms with Crippen LogP contribution in [0.4, 0.5) is 0 Å². The van der Waals surface area contributed by atoms with Crippen LogP contribution in [-0.4, -0.2) is 30.2 Å². The molecule has 0 saturated heterocycles. The summed E-state index contributed by atoms with van der Waals surface area (Å²) in [7, 11) is 0. The molecule has 6 nitrogen and oxygen atoms in total. The first-order valence-electron chi connectivity index (χ1n) is 8.01. The summed E-state index contributed by atoms with van der Waals surface area (Å²) in [6.07, 6.45) is 6.97. The third-order valence-electron chi connectivity index (χ3n) is 5.07. The third kappa shape index (κ3) is 2.20. The number of hydrogen-bond donors (Lipinski definition) is 2. The normalized spacial score (nSPS) is 25.0. The van der Waals surface area contributed by atoms with Gasteiger partial charge in [-0.3, -0.25) is 0 Å². The average molecular weight is 309 g/mol. The van der Waals surface area contributed by atoms with Crippen molar-refractivity contribution in [3.8, 4) is 6.07 Å². The Labute approximate surface area is 133 Å². The van der Waals surface area contributed by atoms with Gasteiger partial charge in [0.2, 0.25) is 0 Å². The number of pyridine rings is 1. The van der Waals surface area contributed by atoms with E-state index >= 15 is 0 Å². The highest BCUT2D eigenvalue weighted by atomic mass is 16.3. The summed E-state index contributed by atoms with van der Waals surface area (Å²) in [6, 6.07) is 4.45. The fourth-order valence-corrected chi connectivity index (χ4v) is 3.88. The van der Waals surface area contributed by atoms with E-state index in [1.165, 1.54) is 0 Å². The smallest absolute Gasteiger partial charge is 0.139 e. The molecule has 3 heterocycles. The topological polar surface area (TPSA) is 90.5 Å². The number of H-pyrrole nitrogens is 1. The Morgan fingerprint density at radius 3 is 3.00 bits per heavy atom. The van der Waals surface area contributed by atoms with E-state index in [0.29, 0.717) is 18.9 Å². The summed E-state index contributed by atoms with van der Waals surface area (Å²) in [4.78, 5) is 12.2. The summed E-state index contributed by atoms with van der Waals surface area (Å²) in [5, 5.41) is 20.4. The zero-order valence-corrected chi connectivity index (χ0v) is 13.1. The summed E-state index contributed by atoms with van der Waals surface area (Å²) in [5.74, 6) is 0.978. The van der Waals surface area contributed by atoms with Crippen LogP contribution in [0.3, 0.4) is 0 Å². The molecule has 1 aliphatic rings. The number of nitrogens with one attached hydrogen (secondary N) is 1. The highest BCUT2D eigenvalue weighted by Gasteiger charge is 2.34. The number of aromatic nitrogens is 4. The first-order valence-corrected chi connectivity index (χ1v) is 8.01. The van der Waals surface area contributed by atoms with Gasteiger partial charge in [-0.15, -0.1) is 0 Å². The molecule has 1 fully saturated rings. The quantitative estimate of drug-likeness (QED) is 0.761. The van der Waals surface area contributed by atoms with Gasteiger partial charge in [-0.1, -0.05) is 0 Å². The lowest BCUT2D eigenvalue weighted by Gasteiger charge is -2.35. The van der Waals surface area contributed by atoms with Crippen LogP contribution in [-0.2, 0) is 0 Å². The van der Waals surface area contributed by atoms with Gasteiger partial charge < -0.3 is 14.7 Å². The van der Waals surface area contributed by atoms with Gasteiger partial charge >= 0.3 is 0 Å². The van der Waals surface area contributed by atoms with Crippen molar-refractivity contribution in [2.24, 2.45) is 0 Å². The van der Waals surface area contributed by atoms with Crippen molar-refractivity contribution in [1.82, 2.24) is 19.5 Å². The van der Waals surface area contributed by atoms with Crippen LogP contribution in [0.2, 0.25) is 0 Å². The predicted molar refractivity (Wildman–Crippen MR) is 86.8 cm³/mol. The van der Waals surface area contributed by atoms with E-state index < -0.39 is 5.60 Å². The number of aromatic amines is 1. The zero-order chi connectivity index (χ0) is 16.0. The van der Waals surface area contributed by atoms with Gasteiger partial charge in [0.25, 0.3) is 0 Å². The number of nitriles is 1. The van der Waals surface area contributed by atoms with Crippen molar-refractivity contribution >= 4 is 22.1 Å². The molecule has 0 spiro atoms. The third-order valence-corrected chi connectivity index (χ3v) is 5.07. The molecule has 3 aromatic heterocycles. The molecular formula is C17H19N5O. The number of aryl methyl sites for hydroxylation is 1. The van der Waals surface area contributed by atoms with Gasteiger partial charge in [-0.25, -0.2) is 9.97 Å². The van der Waals surface area contributed by atoms with Gasteiger partial charge in [0.1, 0.15) is 17.0 Å². The fraction of sp³-hybridized carbons (Fsp3) is 0.471. The first-order chi connectivity index (χ1) is 11.1. The highest BCUT2D eigenvalue weighted by molar-refractivity contribution is 6.01. The van der Waals surface area contributed by atoms with Gasteiger partial charge in [-0.2, -0.15) is 5.26 Å². The van der Waals surface area contributed by atoms with E-state index in [-0.39, 0.29) is 6.42 Å². The van der Waals surface area contributed by atoms with Crippen LogP contribution in [0, 0.1) is 18.3 Å². The Balaban J connectivity index is 1.76. The maximum absolute atomic E-state index is 10.4. The van der Waals surface area contributed by atoms with Gasteiger partial charge in [0.05, 0.1) is 29.8 Å². The Morgan fingerprint density at radius 2 is 2.26 bits per heavy atom.